The van der Waals surface area contributed by atoms with Crippen LogP contribution >= 0.6 is 15.6 Å². The zero-order valence-corrected chi connectivity index (χ0v) is 62.3. The van der Waals surface area contributed by atoms with E-state index in [1.807, 2.05) is 0 Å². The van der Waals surface area contributed by atoms with Crippen molar-refractivity contribution in [1.29, 1.82) is 0 Å². The smallest absolute Gasteiger partial charge is 0.462 e. The molecule has 0 fully saturated rings. The van der Waals surface area contributed by atoms with E-state index in [4.69, 9.17) is 37.0 Å². The second kappa shape index (κ2) is 66.0. The Morgan fingerprint density at radius 2 is 0.548 bits per heavy atom. The van der Waals surface area contributed by atoms with Crippen molar-refractivity contribution >= 4 is 39.5 Å². The first-order valence-corrected chi connectivity index (χ1v) is 41.5. The maximum atomic E-state index is 13.1. The molecule has 0 bridgehead atoms. The summed E-state index contributed by atoms with van der Waals surface area (Å²) in [5, 5.41) is 10.6. The van der Waals surface area contributed by atoms with Crippen molar-refractivity contribution in [2.24, 2.45) is 11.8 Å². The lowest BCUT2D eigenvalue weighted by Gasteiger charge is -2.21. The highest BCUT2D eigenvalue weighted by molar-refractivity contribution is 7.47. The van der Waals surface area contributed by atoms with Gasteiger partial charge in [-0.15, -0.1) is 0 Å². The Balaban J connectivity index is 5.23. The van der Waals surface area contributed by atoms with Crippen LogP contribution in [0.4, 0.5) is 0 Å². The number of phosphoric ester groups is 2. The number of carbonyl (C=O) groups excluding carboxylic acids is 4. The van der Waals surface area contributed by atoms with E-state index >= 15 is 0 Å². The minimum Gasteiger partial charge on any atom is -0.462 e. The van der Waals surface area contributed by atoms with Crippen LogP contribution in [0.25, 0.3) is 0 Å². The third-order valence-corrected chi connectivity index (χ3v) is 19.5. The van der Waals surface area contributed by atoms with Crippen LogP contribution in [0.2, 0.25) is 0 Å². The van der Waals surface area contributed by atoms with Crippen LogP contribution in [0.5, 0.6) is 0 Å². The largest absolute Gasteiger partial charge is 0.472 e. The van der Waals surface area contributed by atoms with Crippen molar-refractivity contribution in [2.75, 3.05) is 39.6 Å². The second-order valence-electron chi connectivity index (χ2n) is 27.4. The van der Waals surface area contributed by atoms with Gasteiger partial charge in [-0.3, -0.25) is 37.3 Å². The topological polar surface area (TPSA) is 237 Å². The monoisotopic (exact) mass is 1370 g/mol. The molecule has 0 aliphatic heterocycles. The molecule has 0 aliphatic carbocycles. The predicted molar refractivity (Wildman–Crippen MR) is 377 cm³/mol. The van der Waals surface area contributed by atoms with Gasteiger partial charge >= 0.3 is 39.5 Å². The highest BCUT2D eigenvalue weighted by Gasteiger charge is 2.30. The molecule has 0 saturated heterocycles. The minimum atomic E-state index is -4.96. The molecule has 0 saturated carbocycles. The van der Waals surface area contributed by atoms with E-state index in [0.29, 0.717) is 31.6 Å². The number of ether oxygens (including phenoxy) is 4. The Kier molecular flexibility index (Phi) is 64.6. The number of aliphatic hydroxyl groups excluding tert-OH is 1. The molecule has 3 N–H and O–H groups in total. The van der Waals surface area contributed by atoms with Gasteiger partial charge in [-0.1, -0.05) is 330 Å². The third-order valence-electron chi connectivity index (χ3n) is 17.6. The second-order valence-corrected chi connectivity index (χ2v) is 30.3. The minimum absolute atomic E-state index is 0.106. The number of rotatable bonds is 73. The van der Waals surface area contributed by atoms with Crippen molar-refractivity contribution in [3.8, 4) is 0 Å². The fourth-order valence-electron chi connectivity index (χ4n) is 11.3. The molecule has 0 rings (SSSR count). The van der Waals surface area contributed by atoms with Crippen molar-refractivity contribution in [3.05, 3.63) is 0 Å². The van der Waals surface area contributed by atoms with Crippen LogP contribution in [0.3, 0.4) is 0 Å². The van der Waals surface area contributed by atoms with E-state index in [1.165, 1.54) is 193 Å². The fourth-order valence-corrected chi connectivity index (χ4v) is 12.8. The summed E-state index contributed by atoms with van der Waals surface area (Å²) in [5.74, 6) is -0.604. The quantitative estimate of drug-likeness (QED) is 0.0222. The third kappa shape index (κ3) is 67.0. The maximum absolute atomic E-state index is 13.1. The van der Waals surface area contributed by atoms with E-state index in [0.717, 1.165) is 102 Å². The summed E-state index contributed by atoms with van der Waals surface area (Å²) in [7, 11) is -9.91. The Morgan fingerprint density at radius 1 is 0.312 bits per heavy atom. The van der Waals surface area contributed by atoms with E-state index in [2.05, 4.69) is 41.5 Å². The highest BCUT2D eigenvalue weighted by Crippen LogP contribution is 2.45. The van der Waals surface area contributed by atoms with Gasteiger partial charge in [0.15, 0.2) is 12.2 Å². The summed E-state index contributed by atoms with van der Waals surface area (Å²) in [6.07, 6.45) is 52.7. The molecular formula is C74H144O17P2. The molecular weight excluding hydrogens is 1220 g/mol. The van der Waals surface area contributed by atoms with E-state index in [1.54, 1.807) is 0 Å². The van der Waals surface area contributed by atoms with Gasteiger partial charge in [0.05, 0.1) is 26.4 Å². The van der Waals surface area contributed by atoms with Gasteiger partial charge in [0.1, 0.15) is 19.3 Å². The van der Waals surface area contributed by atoms with Crippen LogP contribution in [-0.2, 0) is 65.4 Å². The van der Waals surface area contributed by atoms with Crippen molar-refractivity contribution in [2.45, 2.75) is 400 Å². The molecule has 0 radical (unpaired) electrons. The van der Waals surface area contributed by atoms with E-state index in [9.17, 15) is 43.2 Å². The first kappa shape index (κ1) is 91.1. The molecule has 0 aliphatic rings. The van der Waals surface area contributed by atoms with Crippen molar-refractivity contribution in [3.63, 3.8) is 0 Å². The van der Waals surface area contributed by atoms with Gasteiger partial charge < -0.3 is 33.8 Å². The SMILES string of the molecule is CCCCCCCCCCCCCCCCCCCCC(=O)O[C@H](COC(=O)CCCCCCCCCCCCC(C)CC)COP(=O)(O)OC[C@@H](O)COP(=O)(O)OC[C@@H](COC(=O)CCCCCCCCCC(C)C)OC(=O)CCCCCCCCCCCCC. The molecule has 0 aromatic rings. The van der Waals surface area contributed by atoms with Gasteiger partial charge in [0.25, 0.3) is 0 Å². The zero-order chi connectivity index (χ0) is 68.6. The Bertz CT molecular complexity index is 1810. The van der Waals surface area contributed by atoms with Crippen LogP contribution in [0.1, 0.15) is 382 Å². The van der Waals surface area contributed by atoms with Crippen molar-refractivity contribution in [1.82, 2.24) is 0 Å². The number of hydrogen-bond acceptors (Lipinski definition) is 15. The number of hydrogen-bond donors (Lipinski definition) is 3. The summed E-state index contributed by atoms with van der Waals surface area (Å²) in [5.41, 5.74) is 0. The van der Waals surface area contributed by atoms with Gasteiger partial charge in [-0.05, 0) is 37.5 Å². The summed E-state index contributed by atoms with van der Waals surface area (Å²) >= 11 is 0. The highest BCUT2D eigenvalue weighted by atomic mass is 31.2. The summed E-state index contributed by atoms with van der Waals surface area (Å²) in [6, 6.07) is 0. The number of phosphoric acid groups is 2. The standard InChI is InChI=1S/C74H144O17P2/c1-7-10-12-14-16-18-20-21-22-23-24-25-26-28-34-40-47-53-59-74(79)90-69(62-84-71(76)56-50-44-38-32-30-29-31-37-43-49-55-67(6)9-3)64-88-92(80,81)86-60-68(75)61-87-93(82,83)89-65-70(63-85-72(77)57-51-45-41-35-36-42-48-54-66(4)5)91-73(78)58-52-46-39-33-27-19-17-15-13-11-8-2/h66-70,75H,7-65H2,1-6H3,(H,80,81)(H,82,83)/t67?,68-,69-,70-/m1/s1. The first-order chi connectivity index (χ1) is 44.9. The number of carbonyl (C=O) groups is 4. The molecule has 17 nitrogen and oxygen atoms in total. The molecule has 0 spiro atoms. The molecule has 6 atom stereocenters. The normalized spacial score (nSPS) is 14.3. The van der Waals surface area contributed by atoms with Crippen molar-refractivity contribution < 1.29 is 80.2 Å². The summed E-state index contributed by atoms with van der Waals surface area (Å²) in [4.78, 5) is 72.7. The van der Waals surface area contributed by atoms with Crippen LogP contribution in [0.15, 0.2) is 0 Å². The summed E-state index contributed by atoms with van der Waals surface area (Å²) < 4.78 is 68.4. The molecule has 19 heteroatoms. The number of esters is 4. The Morgan fingerprint density at radius 3 is 0.817 bits per heavy atom. The number of unbranched alkanes of at least 4 members (excludes halogenated alkanes) is 42. The zero-order valence-electron chi connectivity index (χ0n) is 60.6. The first-order valence-electron chi connectivity index (χ1n) is 38.5. The Hall–Kier alpha value is -1.94. The molecule has 0 amide bonds. The molecule has 93 heavy (non-hydrogen) atoms. The lowest BCUT2D eigenvalue weighted by Crippen LogP contribution is -2.30. The van der Waals surface area contributed by atoms with Gasteiger partial charge in [-0.2, -0.15) is 0 Å². The van der Waals surface area contributed by atoms with Crippen LogP contribution in [-0.4, -0.2) is 96.7 Å². The van der Waals surface area contributed by atoms with Crippen LogP contribution < -0.4 is 0 Å². The average molecular weight is 1370 g/mol. The van der Waals surface area contributed by atoms with Gasteiger partial charge in [0, 0.05) is 25.7 Å². The average Bonchev–Trinajstić information content (AvgIpc) is 3.73. The molecule has 552 valence electrons. The maximum Gasteiger partial charge on any atom is 0.472 e. The Labute approximate surface area is 568 Å². The van der Waals surface area contributed by atoms with E-state index in [-0.39, 0.29) is 25.7 Å². The number of aliphatic hydroxyl groups is 1. The van der Waals surface area contributed by atoms with Crippen LogP contribution in [0, 0.1) is 11.8 Å². The molecule has 0 aromatic carbocycles. The molecule has 3 unspecified atom stereocenters. The summed E-state index contributed by atoms with van der Waals surface area (Å²) in [6.45, 7) is 9.55. The molecule has 0 aromatic heterocycles. The lowest BCUT2D eigenvalue weighted by atomic mass is 9.99. The lowest BCUT2D eigenvalue weighted by molar-refractivity contribution is -0.161. The van der Waals surface area contributed by atoms with Gasteiger partial charge in [0.2, 0.25) is 0 Å². The van der Waals surface area contributed by atoms with E-state index < -0.39 is 97.5 Å². The fraction of sp³-hybridized carbons (Fsp3) is 0.946. The molecule has 0 heterocycles. The van der Waals surface area contributed by atoms with Gasteiger partial charge in [-0.25, -0.2) is 9.13 Å². The predicted octanol–water partition coefficient (Wildman–Crippen LogP) is 21.6.